The van der Waals surface area contributed by atoms with Gasteiger partial charge < -0.3 is 5.32 Å². The normalized spacial score (nSPS) is 34.1. The first-order valence-electron chi connectivity index (χ1n) is 5.17. The maximum absolute atomic E-state index is 11.7. The highest BCUT2D eigenvalue weighted by Gasteiger charge is 2.32. The van der Waals surface area contributed by atoms with Gasteiger partial charge in [-0.25, -0.2) is 4.72 Å². The quantitative estimate of drug-likeness (QED) is 0.612. The van der Waals surface area contributed by atoms with E-state index >= 15 is 0 Å². The van der Waals surface area contributed by atoms with E-state index < -0.39 is 10.2 Å². The Morgan fingerprint density at radius 1 is 1.21 bits per heavy atom. The van der Waals surface area contributed by atoms with Crippen molar-refractivity contribution in [2.24, 2.45) is 0 Å². The minimum Gasteiger partial charge on any atom is -0.315 e. The van der Waals surface area contributed by atoms with Gasteiger partial charge >= 0.3 is 0 Å². The summed E-state index contributed by atoms with van der Waals surface area (Å²) in [5.41, 5.74) is 0. The molecule has 0 aromatic heterocycles. The molecular weight excluding hydrogens is 202 g/mol. The van der Waals surface area contributed by atoms with E-state index in [1.165, 1.54) is 0 Å². The van der Waals surface area contributed by atoms with Gasteiger partial charge in [-0.3, -0.25) is 0 Å². The number of piperidine rings is 1. The summed E-state index contributed by atoms with van der Waals surface area (Å²) in [5, 5.41) is 3.24. The smallest absolute Gasteiger partial charge is 0.279 e. The zero-order chi connectivity index (χ0) is 10.0. The first-order chi connectivity index (χ1) is 6.70. The third-order valence-corrected chi connectivity index (χ3v) is 4.49. The van der Waals surface area contributed by atoms with Gasteiger partial charge in [-0.2, -0.15) is 12.7 Å². The lowest BCUT2D eigenvalue weighted by Crippen LogP contribution is -2.55. The Balaban J connectivity index is 2.07. The molecule has 2 heterocycles. The lowest BCUT2D eigenvalue weighted by atomic mass is 10.1. The molecule has 2 N–H and O–H groups in total. The van der Waals surface area contributed by atoms with Crippen LogP contribution in [0.15, 0.2) is 0 Å². The van der Waals surface area contributed by atoms with Crippen LogP contribution >= 0.6 is 0 Å². The van der Waals surface area contributed by atoms with Crippen molar-refractivity contribution in [2.45, 2.75) is 25.3 Å². The summed E-state index contributed by atoms with van der Waals surface area (Å²) < 4.78 is 27.5. The Morgan fingerprint density at radius 3 is 2.71 bits per heavy atom. The highest BCUT2D eigenvalue weighted by Crippen LogP contribution is 2.16. The molecule has 0 bridgehead atoms. The molecule has 5 nitrogen and oxygen atoms in total. The second kappa shape index (κ2) is 4.14. The Kier molecular flexibility index (Phi) is 3.06. The Morgan fingerprint density at radius 2 is 2.07 bits per heavy atom. The van der Waals surface area contributed by atoms with Gasteiger partial charge in [0.25, 0.3) is 10.2 Å². The van der Waals surface area contributed by atoms with Crippen LogP contribution in [0.4, 0.5) is 0 Å². The molecule has 6 heteroatoms. The van der Waals surface area contributed by atoms with Crippen LogP contribution in [0, 0.1) is 0 Å². The van der Waals surface area contributed by atoms with E-state index in [1.54, 1.807) is 4.31 Å². The van der Waals surface area contributed by atoms with E-state index in [0.29, 0.717) is 13.1 Å². The van der Waals surface area contributed by atoms with Gasteiger partial charge in [-0.15, -0.1) is 0 Å². The molecule has 2 aliphatic rings. The SMILES string of the molecule is O=S1(=O)NCCCN1[C@@H]1CCCNC1. The number of hydrogen-bond donors (Lipinski definition) is 2. The molecule has 0 aromatic carbocycles. The second-order valence-electron chi connectivity index (χ2n) is 3.86. The van der Waals surface area contributed by atoms with Crippen LogP contribution in [0.1, 0.15) is 19.3 Å². The third kappa shape index (κ3) is 2.08. The van der Waals surface area contributed by atoms with E-state index in [2.05, 4.69) is 10.0 Å². The fraction of sp³-hybridized carbons (Fsp3) is 1.00. The molecule has 0 spiro atoms. The van der Waals surface area contributed by atoms with Gasteiger partial charge in [0, 0.05) is 25.7 Å². The van der Waals surface area contributed by atoms with Gasteiger partial charge in [0.2, 0.25) is 0 Å². The molecule has 82 valence electrons. The van der Waals surface area contributed by atoms with Gasteiger partial charge in [-0.05, 0) is 25.8 Å². The van der Waals surface area contributed by atoms with Crippen LogP contribution < -0.4 is 10.0 Å². The van der Waals surface area contributed by atoms with Crippen molar-refractivity contribution in [1.82, 2.24) is 14.3 Å². The van der Waals surface area contributed by atoms with E-state index in [1.807, 2.05) is 0 Å². The summed E-state index contributed by atoms with van der Waals surface area (Å²) in [6.45, 7) is 3.05. The van der Waals surface area contributed by atoms with E-state index in [-0.39, 0.29) is 6.04 Å². The molecule has 2 rings (SSSR count). The summed E-state index contributed by atoms with van der Waals surface area (Å²) in [4.78, 5) is 0. The lowest BCUT2D eigenvalue weighted by molar-refractivity contribution is 0.251. The predicted molar refractivity (Wildman–Crippen MR) is 54.1 cm³/mol. The summed E-state index contributed by atoms with van der Waals surface area (Å²) in [7, 11) is -3.18. The predicted octanol–water partition coefficient (Wildman–Crippen LogP) is -0.721. The monoisotopic (exact) mass is 219 g/mol. The summed E-state index contributed by atoms with van der Waals surface area (Å²) >= 11 is 0. The second-order valence-corrected chi connectivity index (χ2v) is 5.57. The number of nitrogens with one attached hydrogen (secondary N) is 2. The van der Waals surface area contributed by atoms with Crippen LogP contribution in [-0.4, -0.2) is 44.9 Å². The summed E-state index contributed by atoms with van der Waals surface area (Å²) in [5.74, 6) is 0. The van der Waals surface area contributed by atoms with Crippen LogP contribution in [0.25, 0.3) is 0 Å². The molecule has 2 saturated heterocycles. The number of hydrogen-bond acceptors (Lipinski definition) is 3. The zero-order valence-electron chi connectivity index (χ0n) is 8.20. The first kappa shape index (κ1) is 10.4. The highest BCUT2D eigenvalue weighted by atomic mass is 32.2. The summed E-state index contributed by atoms with van der Waals surface area (Å²) in [6.07, 6.45) is 2.96. The molecule has 14 heavy (non-hydrogen) atoms. The summed E-state index contributed by atoms with van der Waals surface area (Å²) in [6, 6.07) is 0.154. The van der Waals surface area contributed by atoms with Crippen molar-refractivity contribution in [3.05, 3.63) is 0 Å². The largest absolute Gasteiger partial charge is 0.315 e. The van der Waals surface area contributed by atoms with Crippen molar-refractivity contribution in [1.29, 1.82) is 0 Å². The van der Waals surface area contributed by atoms with Gasteiger partial charge in [-0.1, -0.05) is 0 Å². The van der Waals surface area contributed by atoms with Crippen LogP contribution in [0.3, 0.4) is 0 Å². The van der Waals surface area contributed by atoms with Crippen molar-refractivity contribution in [3.63, 3.8) is 0 Å². The van der Waals surface area contributed by atoms with Crippen LogP contribution in [0.5, 0.6) is 0 Å². The topological polar surface area (TPSA) is 61.4 Å². The van der Waals surface area contributed by atoms with Crippen molar-refractivity contribution in [2.75, 3.05) is 26.2 Å². The van der Waals surface area contributed by atoms with Crippen molar-refractivity contribution < 1.29 is 8.42 Å². The van der Waals surface area contributed by atoms with Crippen molar-refractivity contribution >= 4 is 10.2 Å². The fourth-order valence-corrected chi connectivity index (χ4v) is 3.61. The molecule has 0 aliphatic carbocycles. The Labute approximate surface area is 85.0 Å². The molecule has 2 aliphatic heterocycles. The molecule has 0 unspecified atom stereocenters. The van der Waals surface area contributed by atoms with Gasteiger partial charge in [0.15, 0.2) is 0 Å². The number of nitrogens with zero attached hydrogens (tertiary/aromatic N) is 1. The fourth-order valence-electron chi connectivity index (χ4n) is 2.10. The van der Waals surface area contributed by atoms with Crippen LogP contribution in [-0.2, 0) is 10.2 Å². The molecule has 0 radical (unpaired) electrons. The minimum atomic E-state index is -3.18. The zero-order valence-corrected chi connectivity index (χ0v) is 9.02. The maximum atomic E-state index is 11.7. The third-order valence-electron chi connectivity index (χ3n) is 2.83. The van der Waals surface area contributed by atoms with E-state index in [4.69, 9.17) is 0 Å². The number of rotatable bonds is 1. The van der Waals surface area contributed by atoms with E-state index in [0.717, 1.165) is 32.4 Å². The Hall–Kier alpha value is -0.170. The van der Waals surface area contributed by atoms with Gasteiger partial charge in [0.1, 0.15) is 0 Å². The average Bonchev–Trinajstić information content (AvgIpc) is 2.18. The molecule has 0 amide bonds. The van der Waals surface area contributed by atoms with E-state index in [9.17, 15) is 8.42 Å². The molecule has 0 saturated carbocycles. The minimum absolute atomic E-state index is 0.154. The standard InChI is InChI=1S/C8H17N3O2S/c12-14(13)10-5-2-6-11(14)8-3-1-4-9-7-8/h8-10H,1-7H2/t8-/m1/s1. The maximum Gasteiger partial charge on any atom is 0.279 e. The first-order valence-corrected chi connectivity index (χ1v) is 6.61. The van der Waals surface area contributed by atoms with Crippen molar-refractivity contribution in [3.8, 4) is 0 Å². The highest BCUT2D eigenvalue weighted by molar-refractivity contribution is 7.87. The molecule has 0 aromatic rings. The molecular formula is C8H17N3O2S. The van der Waals surface area contributed by atoms with Crippen LogP contribution in [0.2, 0.25) is 0 Å². The molecule has 2 fully saturated rings. The molecule has 1 atom stereocenters. The lowest BCUT2D eigenvalue weighted by Gasteiger charge is -2.36. The average molecular weight is 219 g/mol. The van der Waals surface area contributed by atoms with Gasteiger partial charge in [0.05, 0.1) is 0 Å². The Bertz CT molecular complexity index is 285.